The molecule has 0 amide bonds. The van der Waals surface area contributed by atoms with Gasteiger partial charge in [0.15, 0.2) is 0 Å². The van der Waals surface area contributed by atoms with E-state index in [-0.39, 0.29) is 11.5 Å². The molecule has 1 aliphatic carbocycles. The molecule has 1 nitrogen and oxygen atoms in total. The van der Waals surface area contributed by atoms with E-state index < -0.39 is 23.5 Å². The Balaban J connectivity index is 2.26. The van der Waals surface area contributed by atoms with Crippen LogP contribution in [0.1, 0.15) is 43.7 Å². The van der Waals surface area contributed by atoms with Gasteiger partial charge < -0.3 is 5.73 Å². The van der Waals surface area contributed by atoms with E-state index in [4.69, 9.17) is 5.73 Å². The minimum atomic E-state index is -0.903. The van der Waals surface area contributed by atoms with Crippen molar-refractivity contribution in [1.29, 1.82) is 0 Å². The Bertz CT molecular complexity index is 377. The zero-order valence-electron chi connectivity index (χ0n) is 9.56. The average molecular weight is 243 g/mol. The minimum absolute atomic E-state index is 0.0956. The van der Waals surface area contributed by atoms with Crippen LogP contribution in [-0.4, -0.2) is 0 Å². The summed E-state index contributed by atoms with van der Waals surface area (Å²) in [6.07, 6.45) is 5.01. The topological polar surface area (TPSA) is 26.0 Å². The van der Waals surface area contributed by atoms with Gasteiger partial charge in [-0.05, 0) is 18.8 Å². The lowest BCUT2D eigenvalue weighted by Crippen LogP contribution is -2.25. The SMILES string of the molecule is N[C@@H](c1c(F)cc(F)cc1F)C1CCCCC1. The molecule has 0 unspecified atom stereocenters. The van der Waals surface area contributed by atoms with E-state index in [0.29, 0.717) is 12.1 Å². The first-order valence-corrected chi connectivity index (χ1v) is 5.99. The summed E-state index contributed by atoms with van der Waals surface area (Å²) in [5.74, 6) is -2.56. The van der Waals surface area contributed by atoms with Crippen molar-refractivity contribution in [1.82, 2.24) is 0 Å². The molecule has 2 N–H and O–H groups in total. The van der Waals surface area contributed by atoms with Crippen molar-refractivity contribution >= 4 is 0 Å². The van der Waals surface area contributed by atoms with E-state index in [2.05, 4.69) is 0 Å². The average Bonchev–Trinajstić information content (AvgIpc) is 2.28. The van der Waals surface area contributed by atoms with Crippen LogP contribution in [0.3, 0.4) is 0 Å². The number of hydrogen-bond acceptors (Lipinski definition) is 1. The van der Waals surface area contributed by atoms with Crippen LogP contribution in [0.2, 0.25) is 0 Å². The van der Waals surface area contributed by atoms with E-state index in [0.717, 1.165) is 32.1 Å². The highest BCUT2D eigenvalue weighted by atomic mass is 19.1. The summed E-state index contributed by atoms with van der Waals surface area (Å²) in [5.41, 5.74) is 5.75. The summed E-state index contributed by atoms with van der Waals surface area (Å²) in [7, 11) is 0. The molecule has 0 saturated heterocycles. The summed E-state index contributed by atoms with van der Waals surface area (Å²) < 4.78 is 39.9. The van der Waals surface area contributed by atoms with Gasteiger partial charge in [-0.2, -0.15) is 0 Å². The zero-order chi connectivity index (χ0) is 12.4. The van der Waals surface area contributed by atoms with Gasteiger partial charge in [0.1, 0.15) is 17.5 Å². The molecule has 0 aliphatic heterocycles. The Morgan fingerprint density at radius 1 is 1.00 bits per heavy atom. The molecular weight excluding hydrogens is 227 g/mol. The van der Waals surface area contributed by atoms with Crippen LogP contribution in [-0.2, 0) is 0 Å². The monoisotopic (exact) mass is 243 g/mol. The molecule has 1 atom stereocenters. The Morgan fingerprint density at radius 2 is 1.53 bits per heavy atom. The quantitative estimate of drug-likeness (QED) is 0.842. The molecule has 17 heavy (non-hydrogen) atoms. The van der Waals surface area contributed by atoms with Crippen molar-refractivity contribution in [2.24, 2.45) is 11.7 Å². The molecule has 1 aliphatic rings. The van der Waals surface area contributed by atoms with Crippen molar-refractivity contribution in [3.05, 3.63) is 35.1 Å². The molecular formula is C13H16F3N. The molecule has 2 rings (SSSR count). The highest BCUT2D eigenvalue weighted by Gasteiger charge is 2.27. The molecule has 0 spiro atoms. The Labute approximate surface area is 98.8 Å². The Hall–Kier alpha value is -1.03. The van der Waals surface area contributed by atoms with Crippen molar-refractivity contribution < 1.29 is 13.2 Å². The van der Waals surface area contributed by atoms with Gasteiger partial charge >= 0.3 is 0 Å². The number of rotatable bonds is 2. The van der Waals surface area contributed by atoms with Gasteiger partial charge in [0.05, 0.1) is 0 Å². The van der Waals surface area contributed by atoms with Gasteiger partial charge in [-0.15, -0.1) is 0 Å². The second-order valence-electron chi connectivity index (χ2n) is 4.71. The van der Waals surface area contributed by atoms with E-state index in [9.17, 15) is 13.2 Å². The normalized spacial score (nSPS) is 19.3. The number of halogens is 3. The third-order valence-corrected chi connectivity index (χ3v) is 3.53. The van der Waals surface area contributed by atoms with E-state index in [1.54, 1.807) is 0 Å². The zero-order valence-corrected chi connectivity index (χ0v) is 9.56. The molecule has 0 aromatic heterocycles. The van der Waals surface area contributed by atoms with E-state index in [1.165, 1.54) is 0 Å². The molecule has 1 saturated carbocycles. The predicted molar refractivity (Wildman–Crippen MR) is 59.8 cm³/mol. The van der Waals surface area contributed by atoms with Crippen LogP contribution in [0.5, 0.6) is 0 Å². The largest absolute Gasteiger partial charge is 0.324 e. The summed E-state index contributed by atoms with van der Waals surface area (Å²) in [5, 5.41) is 0. The maximum absolute atomic E-state index is 13.6. The van der Waals surface area contributed by atoms with Crippen molar-refractivity contribution in [3.8, 4) is 0 Å². The van der Waals surface area contributed by atoms with Crippen LogP contribution in [0, 0.1) is 23.4 Å². The van der Waals surface area contributed by atoms with Gasteiger partial charge in [-0.1, -0.05) is 19.3 Å². The maximum atomic E-state index is 13.6. The van der Waals surface area contributed by atoms with Gasteiger partial charge in [0.25, 0.3) is 0 Å². The van der Waals surface area contributed by atoms with Crippen LogP contribution in [0.15, 0.2) is 12.1 Å². The van der Waals surface area contributed by atoms with Crippen LogP contribution in [0.25, 0.3) is 0 Å². The van der Waals surface area contributed by atoms with Gasteiger partial charge in [-0.25, -0.2) is 13.2 Å². The maximum Gasteiger partial charge on any atom is 0.133 e. The van der Waals surface area contributed by atoms with Gasteiger partial charge in [0.2, 0.25) is 0 Å². The van der Waals surface area contributed by atoms with Crippen LogP contribution in [0.4, 0.5) is 13.2 Å². The fourth-order valence-electron chi connectivity index (χ4n) is 2.60. The first kappa shape index (κ1) is 12.4. The van der Waals surface area contributed by atoms with E-state index >= 15 is 0 Å². The third kappa shape index (κ3) is 2.63. The summed E-state index contributed by atoms with van der Waals surface area (Å²) >= 11 is 0. The highest BCUT2D eigenvalue weighted by molar-refractivity contribution is 5.24. The van der Waals surface area contributed by atoms with Crippen molar-refractivity contribution in [2.45, 2.75) is 38.1 Å². The smallest absolute Gasteiger partial charge is 0.133 e. The molecule has 4 heteroatoms. The third-order valence-electron chi connectivity index (χ3n) is 3.53. The minimum Gasteiger partial charge on any atom is -0.324 e. The molecule has 94 valence electrons. The number of benzene rings is 1. The molecule has 1 aromatic rings. The Kier molecular flexibility index (Phi) is 3.72. The first-order chi connectivity index (χ1) is 8.09. The van der Waals surface area contributed by atoms with Crippen molar-refractivity contribution in [2.75, 3.05) is 0 Å². The first-order valence-electron chi connectivity index (χ1n) is 5.99. The predicted octanol–water partition coefficient (Wildman–Crippen LogP) is 3.68. The summed E-state index contributed by atoms with van der Waals surface area (Å²) in [6, 6.07) is 0.721. The lowest BCUT2D eigenvalue weighted by molar-refractivity contribution is 0.297. The van der Waals surface area contributed by atoms with Gasteiger partial charge in [-0.3, -0.25) is 0 Å². The molecule has 0 bridgehead atoms. The molecule has 1 fully saturated rings. The fourth-order valence-corrected chi connectivity index (χ4v) is 2.60. The number of nitrogens with two attached hydrogens (primary N) is 1. The molecule has 0 heterocycles. The summed E-state index contributed by atoms with van der Waals surface area (Å²) in [4.78, 5) is 0. The van der Waals surface area contributed by atoms with Crippen LogP contribution >= 0.6 is 0 Å². The second-order valence-corrected chi connectivity index (χ2v) is 4.71. The lowest BCUT2D eigenvalue weighted by Gasteiger charge is -2.28. The Morgan fingerprint density at radius 3 is 2.06 bits per heavy atom. The highest BCUT2D eigenvalue weighted by Crippen LogP contribution is 2.35. The van der Waals surface area contributed by atoms with E-state index in [1.807, 2.05) is 0 Å². The molecule has 0 radical (unpaired) electrons. The van der Waals surface area contributed by atoms with Crippen molar-refractivity contribution in [3.63, 3.8) is 0 Å². The lowest BCUT2D eigenvalue weighted by atomic mass is 9.81. The van der Waals surface area contributed by atoms with Gasteiger partial charge in [0, 0.05) is 23.7 Å². The van der Waals surface area contributed by atoms with Crippen LogP contribution < -0.4 is 5.73 Å². The number of hydrogen-bond donors (Lipinski definition) is 1. The summed E-state index contributed by atoms with van der Waals surface area (Å²) in [6.45, 7) is 0. The standard InChI is InChI=1S/C13H16F3N/c14-9-6-10(15)12(11(16)7-9)13(17)8-4-2-1-3-5-8/h6-8,13H,1-5,17H2/t13-/m1/s1. The fraction of sp³-hybridized carbons (Fsp3) is 0.538. The molecule has 1 aromatic carbocycles. The second kappa shape index (κ2) is 5.08.